The number of aliphatic hydroxyl groups is 1. The van der Waals surface area contributed by atoms with E-state index in [1.807, 2.05) is 0 Å². The maximum atomic E-state index is 9.83. The molecule has 2 rings (SSSR count). The van der Waals surface area contributed by atoms with E-state index in [1.54, 1.807) is 0 Å². The molecule has 3 N–H and O–H groups in total. The molecule has 148 valence electrons. The molecular weight excluding hydrogens is 314 g/mol. The highest BCUT2D eigenvalue weighted by Crippen LogP contribution is 2.23. The number of unbranched alkanes of at least 4 members (excludes halogenated alkanes) is 7. The van der Waals surface area contributed by atoms with Crippen molar-refractivity contribution >= 4 is 0 Å². The van der Waals surface area contributed by atoms with Gasteiger partial charge in [0.15, 0.2) is 0 Å². The highest BCUT2D eigenvalue weighted by molar-refractivity contribution is 4.85. The minimum atomic E-state index is -0.458. The summed E-state index contributed by atoms with van der Waals surface area (Å²) in [6.45, 7) is 2.48. The second kappa shape index (κ2) is 13.1. The third kappa shape index (κ3) is 8.85. The third-order valence-corrected chi connectivity index (χ3v) is 5.93. The van der Waals surface area contributed by atoms with E-state index in [1.165, 1.54) is 77.0 Å². The Hall–Kier alpha value is -0.160. The van der Waals surface area contributed by atoms with Gasteiger partial charge in [-0.2, -0.15) is 0 Å². The van der Waals surface area contributed by atoms with E-state index in [-0.39, 0.29) is 12.1 Å². The van der Waals surface area contributed by atoms with E-state index in [9.17, 15) is 5.11 Å². The molecule has 2 aliphatic rings. The maximum absolute atomic E-state index is 9.83. The van der Waals surface area contributed by atoms with Gasteiger partial charge in [-0.25, -0.2) is 0 Å². The zero-order chi connectivity index (χ0) is 17.7. The van der Waals surface area contributed by atoms with Crippen LogP contribution in [0.3, 0.4) is 0 Å². The lowest BCUT2D eigenvalue weighted by molar-refractivity contribution is 0.0342. The Labute approximate surface area is 154 Å². The highest BCUT2D eigenvalue weighted by Gasteiger charge is 2.32. The second-order valence-corrected chi connectivity index (χ2v) is 8.22. The van der Waals surface area contributed by atoms with Gasteiger partial charge in [-0.15, -0.1) is 0 Å². The molecule has 1 saturated heterocycles. The Morgan fingerprint density at radius 1 is 0.880 bits per heavy atom. The number of hydrogen-bond donors (Lipinski definition) is 2. The lowest BCUT2D eigenvalue weighted by Crippen LogP contribution is -2.36. The van der Waals surface area contributed by atoms with Crippen molar-refractivity contribution in [1.29, 1.82) is 0 Å². The van der Waals surface area contributed by atoms with Crippen molar-refractivity contribution in [2.45, 2.75) is 108 Å². The summed E-state index contributed by atoms with van der Waals surface area (Å²) in [6, 6.07) is -0.184. The van der Waals surface area contributed by atoms with Crippen molar-refractivity contribution in [3.05, 3.63) is 0 Å². The van der Waals surface area contributed by atoms with Gasteiger partial charge in [0.2, 0.25) is 0 Å². The summed E-state index contributed by atoms with van der Waals surface area (Å²) in [7, 11) is 0. The Morgan fingerprint density at radius 2 is 1.52 bits per heavy atom. The van der Waals surface area contributed by atoms with Gasteiger partial charge in [-0.05, 0) is 31.6 Å². The molecular formula is C21H41NO3. The first kappa shape index (κ1) is 21.1. The van der Waals surface area contributed by atoms with E-state index in [4.69, 9.17) is 15.2 Å². The highest BCUT2D eigenvalue weighted by atomic mass is 16.5. The molecule has 3 atom stereocenters. The zero-order valence-corrected chi connectivity index (χ0v) is 16.2. The van der Waals surface area contributed by atoms with Crippen LogP contribution in [-0.4, -0.2) is 43.2 Å². The predicted octanol–water partition coefficient (Wildman–Crippen LogP) is 4.18. The van der Waals surface area contributed by atoms with Gasteiger partial charge in [0.25, 0.3) is 0 Å². The number of nitrogens with two attached hydrogens (primary N) is 1. The normalized spacial score (nSPS) is 27.8. The standard InChI is InChI=1S/C21H41NO3/c22-19-17-25-20(21(19)23)14-10-5-3-1-2-4-6-11-15-24-16-18-12-8-7-9-13-18/h18-21,23H,1-17,22H2/t19-,20+,21+/m1/s1. The van der Waals surface area contributed by atoms with Crippen molar-refractivity contribution in [1.82, 2.24) is 0 Å². The van der Waals surface area contributed by atoms with Gasteiger partial charge >= 0.3 is 0 Å². The zero-order valence-electron chi connectivity index (χ0n) is 16.2. The molecule has 0 bridgehead atoms. The lowest BCUT2D eigenvalue weighted by atomic mass is 9.90. The van der Waals surface area contributed by atoms with E-state index < -0.39 is 6.10 Å². The summed E-state index contributed by atoms with van der Waals surface area (Å²) in [4.78, 5) is 0. The molecule has 4 nitrogen and oxygen atoms in total. The molecule has 0 radical (unpaired) electrons. The van der Waals surface area contributed by atoms with Gasteiger partial charge in [-0.3, -0.25) is 0 Å². The molecule has 0 amide bonds. The summed E-state index contributed by atoms with van der Waals surface area (Å²) in [5, 5.41) is 9.83. The Morgan fingerprint density at radius 3 is 2.16 bits per heavy atom. The van der Waals surface area contributed by atoms with Crippen molar-refractivity contribution < 1.29 is 14.6 Å². The third-order valence-electron chi connectivity index (χ3n) is 5.93. The van der Waals surface area contributed by atoms with Crippen LogP contribution in [0, 0.1) is 5.92 Å². The molecule has 4 heteroatoms. The lowest BCUT2D eigenvalue weighted by Gasteiger charge is -2.21. The summed E-state index contributed by atoms with van der Waals surface area (Å²) < 4.78 is 11.4. The topological polar surface area (TPSA) is 64.7 Å². The Kier molecular flexibility index (Phi) is 11.1. The van der Waals surface area contributed by atoms with Gasteiger partial charge in [0.05, 0.1) is 24.9 Å². The summed E-state index contributed by atoms with van der Waals surface area (Å²) in [6.07, 6.45) is 17.7. The quantitative estimate of drug-likeness (QED) is 0.486. The first-order valence-electron chi connectivity index (χ1n) is 10.9. The molecule has 0 spiro atoms. The minimum absolute atomic E-state index is 0.0244. The van der Waals surface area contributed by atoms with Crippen LogP contribution in [0.5, 0.6) is 0 Å². The molecule has 1 aliphatic heterocycles. The van der Waals surface area contributed by atoms with E-state index in [0.717, 1.165) is 32.0 Å². The number of rotatable bonds is 13. The predicted molar refractivity (Wildman–Crippen MR) is 103 cm³/mol. The van der Waals surface area contributed by atoms with Crippen molar-refractivity contribution in [3.63, 3.8) is 0 Å². The van der Waals surface area contributed by atoms with Gasteiger partial charge in [0, 0.05) is 13.2 Å². The first-order valence-corrected chi connectivity index (χ1v) is 10.9. The van der Waals surface area contributed by atoms with Crippen LogP contribution in [-0.2, 0) is 9.47 Å². The molecule has 0 aromatic rings. The number of ether oxygens (including phenoxy) is 2. The van der Waals surface area contributed by atoms with E-state index >= 15 is 0 Å². The molecule has 25 heavy (non-hydrogen) atoms. The molecule has 0 aromatic heterocycles. The summed E-state index contributed by atoms with van der Waals surface area (Å²) in [5.41, 5.74) is 5.75. The van der Waals surface area contributed by atoms with E-state index in [0.29, 0.717) is 6.61 Å². The number of aliphatic hydroxyl groups excluding tert-OH is 1. The molecule has 1 heterocycles. The van der Waals surface area contributed by atoms with Crippen LogP contribution >= 0.6 is 0 Å². The SMILES string of the molecule is N[C@@H]1CO[C@@H](CCCCCCCCCCOCC2CCCCC2)[C@H]1O. The average molecular weight is 356 g/mol. The minimum Gasteiger partial charge on any atom is -0.389 e. The Balaban J connectivity index is 1.28. The second-order valence-electron chi connectivity index (χ2n) is 8.22. The maximum Gasteiger partial charge on any atom is 0.0974 e. The van der Waals surface area contributed by atoms with Crippen LogP contribution in [0.2, 0.25) is 0 Å². The van der Waals surface area contributed by atoms with Crippen LogP contribution in [0.15, 0.2) is 0 Å². The average Bonchev–Trinajstić information content (AvgIpc) is 2.95. The monoisotopic (exact) mass is 355 g/mol. The van der Waals surface area contributed by atoms with Gasteiger partial charge in [-0.1, -0.05) is 64.2 Å². The van der Waals surface area contributed by atoms with Crippen LogP contribution in [0.4, 0.5) is 0 Å². The van der Waals surface area contributed by atoms with Gasteiger partial charge < -0.3 is 20.3 Å². The van der Waals surface area contributed by atoms with E-state index in [2.05, 4.69) is 0 Å². The van der Waals surface area contributed by atoms with Crippen molar-refractivity contribution in [3.8, 4) is 0 Å². The van der Waals surface area contributed by atoms with Gasteiger partial charge in [0.1, 0.15) is 0 Å². The molecule has 0 aromatic carbocycles. The first-order chi connectivity index (χ1) is 12.3. The fourth-order valence-corrected chi connectivity index (χ4v) is 4.18. The Bertz CT molecular complexity index is 320. The molecule has 0 unspecified atom stereocenters. The fraction of sp³-hybridized carbons (Fsp3) is 1.00. The summed E-state index contributed by atoms with van der Waals surface area (Å²) in [5.74, 6) is 0.847. The van der Waals surface area contributed by atoms with Crippen LogP contribution in [0.1, 0.15) is 89.9 Å². The largest absolute Gasteiger partial charge is 0.389 e. The molecule has 1 aliphatic carbocycles. The van der Waals surface area contributed by atoms with Crippen molar-refractivity contribution in [2.75, 3.05) is 19.8 Å². The van der Waals surface area contributed by atoms with Crippen molar-refractivity contribution in [2.24, 2.45) is 11.7 Å². The molecule has 2 fully saturated rings. The fourth-order valence-electron chi connectivity index (χ4n) is 4.18. The molecule has 1 saturated carbocycles. The van der Waals surface area contributed by atoms with Crippen LogP contribution < -0.4 is 5.73 Å². The summed E-state index contributed by atoms with van der Waals surface area (Å²) >= 11 is 0. The smallest absolute Gasteiger partial charge is 0.0974 e. The van der Waals surface area contributed by atoms with Crippen LogP contribution in [0.25, 0.3) is 0 Å². The number of hydrogen-bond acceptors (Lipinski definition) is 4.